The monoisotopic (exact) mass is 226 g/mol. The molecule has 1 atom stereocenters. The molecule has 6 heteroatoms. The number of hydrogen-bond donors (Lipinski definition) is 0. The lowest BCUT2D eigenvalue weighted by atomic mass is 10.3. The first-order valence-electron chi connectivity index (χ1n) is 4.05. The van der Waals surface area contributed by atoms with Gasteiger partial charge in [-0.2, -0.15) is 5.26 Å². The molecule has 0 aliphatic heterocycles. The minimum absolute atomic E-state index is 0.0402. The van der Waals surface area contributed by atoms with Crippen LogP contribution in [0.5, 0.6) is 5.75 Å². The van der Waals surface area contributed by atoms with E-state index in [4.69, 9.17) is 21.6 Å². The van der Waals surface area contributed by atoms with Gasteiger partial charge in [0.15, 0.2) is 11.9 Å². The summed E-state index contributed by atoms with van der Waals surface area (Å²) in [5.74, 6) is 0.0402. The summed E-state index contributed by atoms with van der Waals surface area (Å²) in [6.07, 6.45) is -0.745. The molecular weight excluding hydrogens is 220 g/mol. The van der Waals surface area contributed by atoms with Crippen LogP contribution in [0.2, 0.25) is 5.02 Å². The number of rotatable bonds is 3. The molecule has 0 heterocycles. The van der Waals surface area contributed by atoms with E-state index in [1.165, 1.54) is 25.1 Å². The summed E-state index contributed by atoms with van der Waals surface area (Å²) in [4.78, 5) is 10.0. The lowest BCUT2D eigenvalue weighted by molar-refractivity contribution is -0.386. The fourth-order valence-electron chi connectivity index (χ4n) is 0.950. The highest BCUT2D eigenvalue weighted by molar-refractivity contribution is 6.30. The maximum atomic E-state index is 10.6. The number of benzene rings is 1. The lowest BCUT2D eigenvalue weighted by Gasteiger charge is -2.07. The molecule has 1 rings (SSSR count). The molecule has 1 aromatic carbocycles. The van der Waals surface area contributed by atoms with E-state index >= 15 is 0 Å². The minimum atomic E-state index is -0.745. The van der Waals surface area contributed by atoms with Crippen molar-refractivity contribution in [1.82, 2.24) is 0 Å². The Bertz CT molecular complexity index is 428. The van der Waals surface area contributed by atoms with Gasteiger partial charge in [0, 0.05) is 11.1 Å². The summed E-state index contributed by atoms with van der Waals surface area (Å²) < 4.78 is 5.05. The van der Waals surface area contributed by atoms with Crippen LogP contribution in [0, 0.1) is 21.4 Å². The van der Waals surface area contributed by atoms with E-state index in [1.807, 2.05) is 6.07 Å². The number of halogens is 1. The lowest BCUT2D eigenvalue weighted by Crippen LogP contribution is -2.09. The summed E-state index contributed by atoms with van der Waals surface area (Å²) in [5, 5.41) is 19.4. The Hall–Kier alpha value is -1.80. The van der Waals surface area contributed by atoms with Crippen LogP contribution < -0.4 is 4.74 Å². The Morgan fingerprint density at radius 3 is 2.87 bits per heavy atom. The van der Waals surface area contributed by atoms with Crippen molar-refractivity contribution < 1.29 is 9.66 Å². The molecule has 0 unspecified atom stereocenters. The largest absolute Gasteiger partial charge is 0.469 e. The molecule has 0 N–H and O–H groups in total. The fraction of sp³-hybridized carbons (Fsp3) is 0.222. The van der Waals surface area contributed by atoms with Crippen LogP contribution in [-0.4, -0.2) is 11.0 Å². The molecule has 1 aromatic rings. The highest BCUT2D eigenvalue weighted by Crippen LogP contribution is 2.30. The quantitative estimate of drug-likeness (QED) is 0.586. The van der Waals surface area contributed by atoms with Gasteiger partial charge in [0.1, 0.15) is 6.07 Å². The first-order chi connectivity index (χ1) is 7.04. The van der Waals surface area contributed by atoms with Crippen molar-refractivity contribution in [3.8, 4) is 11.8 Å². The molecule has 0 bridgehead atoms. The first kappa shape index (κ1) is 11.3. The van der Waals surface area contributed by atoms with Crippen molar-refractivity contribution in [3.63, 3.8) is 0 Å². The molecule has 0 aliphatic rings. The van der Waals surface area contributed by atoms with Crippen molar-refractivity contribution >= 4 is 17.3 Å². The van der Waals surface area contributed by atoms with Crippen LogP contribution in [-0.2, 0) is 0 Å². The van der Waals surface area contributed by atoms with Gasteiger partial charge in [-0.15, -0.1) is 0 Å². The number of hydrogen-bond acceptors (Lipinski definition) is 4. The molecule has 0 amide bonds. The molecule has 0 fully saturated rings. The summed E-state index contributed by atoms with van der Waals surface area (Å²) in [6.45, 7) is 1.50. The summed E-state index contributed by atoms with van der Waals surface area (Å²) in [7, 11) is 0. The van der Waals surface area contributed by atoms with Gasteiger partial charge in [-0.1, -0.05) is 11.6 Å². The van der Waals surface area contributed by atoms with E-state index in [2.05, 4.69) is 0 Å². The zero-order valence-electron chi connectivity index (χ0n) is 7.81. The predicted octanol–water partition coefficient (Wildman–Crippen LogP) is 2.54. The number of ether oxygens (including phenoxy) is 1. The van der Waals surface area contributed by atoms with Crippen molar-refractivity contribution in [2.24, 2.45) is 0 Å². The molecule has 15 heavy (non-hydrogen) atoms. The van der Waals surface area contributed by atoms with Gasteiger partial charge in [-0.05, 0) is 19.1 Å². The third-order valence-corrected chi connectivity index (χ3v) is 1.84. The van der Waals surface area contributed by atoms with Gasteiger partial charge in [-0.3, -0.25) is 10.1 Å². The maximum absolute atomic E-state index is 10.6. The molecule has 0 radical (unpaired) electrons. The van der Waals surface area contributed by atoms with Crippen molar-refractivity contribution in [1.29, 1.82) is 5.26 Å². The Morgan fingerprint density at radius 1 is 1.67 bits per heavy atom. The summed E-state index contributed by atoms with van der Waals surface area (Å²) in [6, 6.07) is 5.83. The third-order valence-electron chi connectivity index (χ3n) is 1.60. The average Bonchev–Trinajstić information content (AvgIpc) is 2.20. The SMILES string of the molecule is C[C@@H](C#N)Oc1ccc(Cl)cc1[N+](=O)[O-]. The standard InChI is InChI=1S/C9H7ClN2O3/c1-6(5-11)15-9-3-2-7(10)4-8(9)12(13)14/h2-4,6H,1H3/t6-/m0/s1. The van der Waals surface area contributed by atoms with Crippen molar-refractivity contribution in [2.75, 3.05) is 0 Å². The van der Waals surface area contributed by atoms with E-state index in [0.29, 0.717) is 0 Å². The third kappa shape index (κ3) is 2.82. The minimum Gasteiger partial charge on any atom is -0.469 e. The predicted molar refractivity (Wildman–Crippen MR) is 53.8 cm³/mol. The van der Waals surface area contributed by atoms with Crippen molar-refractivity contribution in [2.45, 2.75) is 13.0 Å². The van der Waals surface area contributed by atoms with Gasteiger partial charge in [0.2, 0.25) is 0 Å². The van der Waals surface area contributed by atoms with Gasteiger partial charge in [0.05, 0.1) is 4.92 Å². The molecule has 0 aromatic heterocycles. The molecule has 0 aliphatic carbocycles. The van der Waals surface area contributed by atoms with Crippen LogP contribution in [0.15, 0.2) is 18.2 Å². The Kier molecular flexibility index (Phi) is 3.47. The van der Waals surface area contributed by atoms with Gasteiger partial charge >= 0.3 is 5.69 Å². The van der Waals surface area contributed by atoms with Crippen LogP contribution in [0.3, 0.4) is 0 Å². The Balaban J connectivity index is 3.07. The van der Waals surface area contributed by atoms with Crippen LogP contribution in [0.25, 0.3) is 0 Å². The second-order valence-electron chi connectivity index (χ2n) is 2.76. The topological polar surface area (TPSA) is 76.2 Å². The smallest absolute Gasteiger partial charge is 0.312 e. The second-order valence-corrected chi connectivity index (χ2v) is 3.19. The number of nitrogens with zero attached hydrogens (tertiary/aromatic N) is 2. The van der Waals surface area contributed by atoms with E-state index in [-0.39, 0.29) is 16.5 Å². The van der Waals surface area contributed by atoms with E-state index in [0.717, 1.165) is 0 Å². The van der Waals surface area contributed by atoms with Gasteiger partial charge in [0.25, 0.3) is 0 Å². The molecule has 78 valence electrons. The van der Waals surface area contributed by atoms with E-state index < -0.39 is 11.0 Å². The Morgan fingerprint density at radius 2 is 2.33 bits per heavy atom. The molecule has 0 saturated carbocycles. The average molecular weight is 227 g/mol. The summed E-state index contributed by atoms with van der Waals surface area (Å²) in [5.41, 5.74) is -0.246. The van der Waals surface area contributed by atoms with Crippen LogP contribution in [0.1, 0.15) is 6.92 Å². The normalized spacial score (nSPS) is 11.5. The number of nitro groups is 1. The van der Waals surface area contributed by atoms with Gasteiger partial charge < -0.3 is 4.74 Å². The highest BCUT2D eigenvalue weighted by Gasteiger charge is 2.17. The zero-order valence-corrected chi connectivity index (χ0v) is 8.56. The molecule has 0 spiro atoms. The molecular formula is C9H7ClN2O3. The van der Waals surface area contributed by atoms with E-state index in [1.54, 1.807) is 0 Å². The maximum Gasteiger partial charge on any atom is 0.312 e. The van der Waals surface area contributed by atoms with E-state index in [9.17, 15) is 10.1 Å². The van der Waals surface area contributed by atoms with Gasteiger partial charge in [-0.25, -0.2) is 0 Å². The van der Waals surface area contributed by atoms with Crippen LogP contribution in [0.4, 0.5) is 5.69 Å². The van der Waals surface area contributed by atoms with Crippen molar-refractivity contribution in [3.05, 3.63) is 33.3 Å². The first-order valence-corrected chi connectivity index (χ1v) is 4.42. The highest BCUT2D eigenvalue weighted by atomic mass is 35.5. The molecule has 0 saturated heterocycles. The Labute approximate surface area is 91.0 Å². The fourth-order valence-corrected chi connectivity index (χ4v) is 1.12. The number of nitriles is 1. The number of nitro benzene ring substituents is 1. The summed E-state index contributed by atoms with van der Waals surface area (Å²) >= 11 is 5.61. The molecule has 5 nitrogen and oxygen atoms in total. The zero-order chi connectivity index (χ0) is 11.4. The van der Waals surface area contributed by atoms with Crippen LogP contribution >= 0.6 is 11.6 Å². The second kappa shape index (κ2) is 4.62.